The maximum absolute atomic E-state index is 9.00. The van der Waals surface area contributed by atoms with Gasteiger partial charge in [0.05, 0.1) is 114 Å². The van der Waals surface area contributed by atoms with Crippen molar-refractivity contribution in [1.29, 1.82) is 0 Å². The summed E-state index contributed by atoms with van der Waals surface area (Å²) in [5, 5.41) is 9.00. The van der Waals surface area contributed by atoms with Crippen LogP contribution >= 0.6 is 0 Å². The van der Waals surface area contributed by atoms with Gasteiger partial charge < -0.3 is 47.7 Å². The molecule has 0 fully saturated rings. The van der Waals surface area contributed by atoms with Gasteiger partial charge in [-0.15, -0.1) is 0 Å². The molecule has 0 rings (SSSR count). The average Bonchev–Trinajstić information content (AvgIpc) is 2.91. The molecule has 10 nitrogen and oxygen atoms in total. The van der Waals surface area contributed by atoms with Gasteiger partial charge in [-0.2, -0.15) is 0 Å². The number of aliphatic hydroxyl groups is 1. The van der Waals surface area contributed by atoms with Gasteiger partial charge in [0.15, 0.2) is 0 Å². The molecule has 0 heterocycles. The smallest absolute Gasteiger partial charge is 0.0781 e. The Hall–Kier alpha value is -0.400. The van der Waals surface area contributed by atoms with E-state index in [1.54, 1.807) is 7.11 Å². The summed E-state index contributed by atoms with van der Waals surface area (Å²) in [5.41, 5.74) is 0. The molecule has 0 saturated heterocycles. The highest BCUT2D eigenvalue weighted by Gasteiger charge is 2.14. The second-order valence-electron chi connectivity index (χ2n) is 10.4. The molecule has 0 aliphatic carbocycles. The van der Waals surface area contributed by atoms with Gasteiger partial charge in [-0.3, -0.25) is 0 Å². The van der Waals surface area contributed by atoms with Crippen LogP contribution in [0.4, 0.5) is 0 Å². The minimum Gasteiger partial charge on any atom is -0.394 e. The maximum atomic E-state index is 9.00. The topological polar surface area (TPSA) is 103 Å². The Morgan fingerprint density at radius 1 is 0.342 bits per heavy atom. The highest BCUT2D eigenvalue weighted by Crippen LogP contribution is 2.05. The lowest BCUT2D eigenvalue weighted by Gasteiger charge is -2.23. The first-order valence-electron chi connectivity index (χ1n) is 14.0. The second kappa shape index (κ2) is 23.3. The van der Waals surface area contributed by atoms with E-state index in [2.05, 4.69) is 0 Å². The number of aliphatic hydroxyl groups excluding tert-OH is 1. The van der Waals surface area contributed by atoms with Crippen molar-refractivity contribution in [2.45, 2.75) is 117 Å². The number of hydrogen-bond acceptors (Lipinski definition) is 10. The van der Waals surface area contributed by atoms with Crippen LogP contribution in [0.15, 0.2) is 0 Å². The van der Waals surface area contributed by atoms with Gasteiger partial charge in [-0.25, -0.2) is 0 Å². The molecule has 9 unspecified atom stereocenters. The second-order valence-corrected chi connectivity index (χ2v) is 10.4. The molecule has 0 spiro atoms. The van der Waals surface area contributed by atoms with Crippen molar-refractivity contribution in [1.82, 2.24) is 0 Å². The Labute approximate surface area is 231 Å². The highest BCUT2D eigenvalue weighted by atomic mass is 16.6. The summed E-state index contributed by atoms with van der Waals surface area (Å²) >= 11 is 0. The quantitative estimate of drug-likeness (QED) is 0.171. The molecule has 0 bridgehead atoms. The number of ether oxygens (including phenoxy) is 9. The van der Waals surface area contributed by atoms with E-state index in [4.69, 9.17) is 47.7 Å². The average molecular weight is 555 g/mol. The molecule has 0 amide bonds. The molecular weight excluding hydrogens is 496 g/mol. The largest absolute Gasteiger partial charge is 0.394 e. The molecular formula is C28H58O10. The fourth-order valence-corrected chi connectivity index (χ4v) is 2.86. The van der Waals surface area contributed by atoms with Crippen LogP contribution in [0.25, 0.3) is 0 Å². The van der Waals surface area contributed by atoms with Crippen LogP contribution in [0, 0.1) is 0 Å². The lowest BCUT2D eigenvalue weighted by Crippen LogP contribution is -2.30. The number of hydrogen-bond donors (Lipinski definition) is 1. The van der Waals surface area contributed by atoms with E-state index in [1.165, 1.54) is 0 Å². The molecule has 1 N–H and O–H groups in total. The summed E-state index contributed by atoms with van der Waals surface area (Å²) in [6.45, 7) is 21.5. The minimum atomic E-state index is -0.186. The van der Waals surface area contributed by atoms with Crippen molar-refractivity contribution in [3.63, 3.8) is 0 Å². The standard InChI is InChI=1S/C28H58O10/c1-20(11-29)31-13-22(3)33-15-24(5)35-17-26(7)37-19-28(9)38-18-27(8)36-16-25(6)34-14-23(4)32-12-21(2)30-10/h20-29H,11-19H2,1-10H3. The lowest BCUT2D eigenvalue weighted by atomic mass is 10.3. The van der Waals surface area contributed by atoms with Gasteiger partial charge in [0, 0.05) is 7.11 Å². The fourth-order valence-electron chi connectivity index (χ4n) is 2.86. The van der Waals surface area contributed by atoms with E-state index in [0.29, 0.717) is 52.9 Å². The molecule has 0 saturated carbocycles. The predicted octanol–water partition coefficient (Wildman–Crippen LogP) is 3.25. The van der Waals surface area contributed by atoms with Gasteiger partial charge >= 0.3 is 0 Å². The van der Waals surface area contributed by atoms with Crippen molar-refractivity contribution in [3.05, 3.63) is 0 Å². The Morgan fingerprint density at radius 3 is 0.711 bits per heavy atom. The van der Waals surface area contributed by atoms with E-state index in [9.17, 15) is 0 Å². The van der Waals surface area contributed by atoms with E-state index in [1.807, 2.05) is 62.3 Å². The summed E-state index contributed by atoms with van der Waals surface area (Å²) in [6.07, 6.45) is -0.469. The van der Waals surface area contributed by atoms with Crippen LogP contribution in [-0.2, 0) is 42.6 Å². The van der Waals surface area contributed by atoms with Gasteiger partial charge in [0.2, 0.25) is 0 Å². The maximum Gasteiger partial charge on any atom is 0.0781 e. The molecule has 0 aromatic carbocycles. The monoisotopic (exact) mass is 554 g/mol. The molecule has 10 heteroatoms. The summed E-state index contributed by atoms with van der Waals surface area (Å²) < 4.78 is 51.3. The third-order valence-electron chi connectivity index (χ3n) is 5.58. The molecule has 0 aromatic heterocycles. The summed E-state index contributed by atoms with van der Waals surface area (Å²) in [7, 11) is 1.67. The summed E-state index contributed by atoms with van der Waals surface area (Å²) in [4.78, 5) is 0. The van der Waals surface area contributed by atoms with Crippen molar-refractivity contribution < 1.29 is 47.7 Å². The van der Waals surface area contributed by atoms with Gasteiger partial charge in [0.1, 0.15) is 0 Å². The van der Waals surface area contributed by atoms with Crippen LogP contribution in [0.3, 0.4) is 0 Å². The van der Waals surface area contributed by atoms with Crippen molar-refractivity contribution in [3.8, 4) is 0 Å². The predicted molar refractivity (Wildman–Crippen MR) is 147 cm³/mol. The first-order valence-corrected chi connectivity index (χ1v) is 14.0. The third-order valence-corrected chi connectivity index (χ3v) is 5.58. The molecule has 0 aliphatic heterocycles. The van der Waals surface area contributed by atoms with E-state index < -0.39 is 0 Å². The lowest BCUT2D eigenvalue weighted by molar-refractivity contribution is -0.110. The third kappa shape index (κ3) is 22.4. The normalized spacial score (nSPS) is 19.3. The van der Waals surface area contributed by atoms with E-state index in [0.717, 1.165) is 0 Å². The zero-order chi connectivity index (χ0) is 28.9. The fraction of sp³-hybridized carbons (Fsp3) is 1.00. The molecule has 0 aliphatic rings. The number of rotatable bonds is 26. The van der Waals surface area contributed by atoms with Crippen LogP contribution in [0.1, 0.15) is 62.3 Å². The van der Waals surface area contributed by atoms with Gasteiger partial charge in [0.25, 0.3) is 0 Å². The van der Waals surface area contributed by atoms with Crippen LogP contribution in [-0.4, -0.2) is 127 Å². The first-order chi connectivity index (χ1) is 18.0. The zero-order valence-electron chi connectivity index (χ0n) is 25.7. The highest BCUT2D eigenvalue weighted by molar-refractivity contribution is 4.60. The molecule has 38 heavy (non-hydrogen) atoms. The van der Waals surface area contributed by atoms with E-state index >= 15 is 0 Å². The Bertz CT molecular complexity index is 482. The summed E-state index contributed by atoms with van der Waals surface area (Å²) in [6, 6.07) is 0. The SMILES string of the molecule is COC(C)COC(C)COC(C)COC(C)COC(C)COC(C)COC(C)COC(C)COC(C)CO. The Balaban J connectivity index is 3.86. The van der Waals surface area contributed by atoms with Crippen molar-refractivity contribution >= 4 is 0 Å². The van der Waals surface area contributed by atoms with Crippen LogP contribution in [0.5, 0.6) is 0 Å². The zero-order valence-corrected chi connectivity index (χ0v) is 25.7. The Morgan fingerprint density at radius 2 is 0.526 bits per heavy atom. The van der Waals surface area contributed by atoms with Gasteiger partial charge in [-0.05, 0) is 62.3 Å². The number of methoxy groups -OCH3 is 1. The van der Waals surface area contributed by atoms with Crippen molar-refractivity contribution in [2.24, 2.45) is 0 Å². The molecule has 9 atom stereocenters. The molecule has 0 radical (unpaired) electrons. The minimum absolute atomic E-state index is 0.00137. The summed E-state index contributed by atoms with van der Waals surface area (Å²) in [5.74, 6) is 0. The van der Waals surface area contributed by atoms with Crippen LogP contribution in [0.2, 0.25) is 0 Å². The Kier molecular flexibility index (Phi) is 23.1. The van der Waals surface area contributed by atoms with Gasteiger partial charge in [-0.1, -0.05) is 0 Å². The molecule has 0 aromatic rings. The molecule has 230 valence electrons. The first kappa shape index (κ1) is 37.6. The van der Waals surface area contributed by atoms with E-state index in [-0.39, 0.29) is 61.5 Å². The van der Waals surface area contributed by atoms with Crippen LogP contribution < -0.4 is 0 Å². The van der Waals surface area contributed by atoms with Crippen molar-refractivity contribution in [2.75, 3.05) is 66.6 Å².